The molecule has 0 aliphatic rings. The van der Waals surface area contributed by atoms with E-state index in [0.717, 1.165) is 17.3 Å². The molecule has 0 saturated carbocycles. The Labute approximate surface area is 205 Å². The molecule has 0 aliphatic heterocycles. The summed E-state index contributed by atoms with van der Waals surface area (Å²) >= 11 is 0. The van der Waals surface area contributed by atoms with Crippen LogP contribution >= 0.6 is 0 Å². The molecule has 2 aromatic carbocycles. The van der Waals surface area contributed by atoms with Crippen molar-refractivity contribution < 1.29 is 14.7 Å². The van der Waals surface area contributed by atoms with E-state index in [1.807, 2.05) is 63.2 Å². The maximum absolute atomic E-state index is 13.7. The van der Waals surface area contributed by atoms with E-state index in [-0.39, 0.29) is 12.5 Å². The minimum Gasteiger partial charge on any atom is -0.477 e. The zero-order valence-corrected chi connectivity index (χ0v) is 20.4. The fourth-order valence-corrected chi connectivity index (χ4v) is 4.12. The SMILES string of the molecule is CCC(C)(c1ncc(C(=O)O)c(=O)n1Cc1ccccc1)N(CCCN)C(=O)c1ccc(C)cc1. The summed E-state index contributed by atoms with van der Waals surface area (Å²) in [4.78, 5) is 45.0. The van der Waals surface area contributed by atoms with Gasteiger partial charge in [-0.1, -0.05) is 55.0 Å². The molecule has 3 N–H and O–H groups in total. The summed E-state index contributed by atoms with van der Waals surface area (Å²) in [6.45, 7) is 6.60. The summed E-state index contributed by atoms with van der Waals surface area (Å²) in [5.41, 5.74) is 6.10. The van der Waals surface area contributed by atoms with Gasteiger partial charge in [-0.3, -0.25) is 14.2 Å². The Bertz CT molecular complexity index is 1240. The number of rotatable bonds is 10. The van der Waals surface area contributed by atoms with Gasteiger partial charge in [0.1, 0.15) is 11.4 Å². The Morgan fingerprint density at radius 3 is 2.34 bits per heavy atom. The molecule has 0 bridgehead atoms. The van der Waals surface area contributed by atoms with E-state index >= 15 is 0 Å². The lowest BCUT2D eigenvalue weighted by atomic mass is 9.92. The third kappa shape index (κ3) is 5.49. The second-order valence-electron chi connectivity index (χ2n) is 8.77. The lowest BCUT2D eigenvalue weighted by Gasteiger charge is -2.41. The van der Waals surface area contributed by atoms with Crippen LogP contribution in [0.1, 0.15) is 64.4 Å². The molecule has 1 aromatic heterocycles. The monoisotopic (exact) mass is 476 g/mol. The van der Waals surface area contributed by atoms with Gasteiger partial charge in [0, 0.05) is 18.3 Å². The quantitative estimate of drug-likeness (QED) is 0.463. The van der Waals surface area contributed by atoms with Gasteiger partial charge in [-0.05, 0) is 50.9 Å². The molecule has 0 fully saturated rings. The molecule has 1 atom stereocenters. The predicted molar refractivity (Wildman–Crippen MR) is 135 cm³/mol. The van der Waals surface area contributed by atoms with Crippen molar-refractivity contribution in [2.24, 2.45) is 5.73 Å². The van der Waals surface area contributed by atoms with Crippen molar-refractivity contribution in [2.75, 3.05) is 13.1 Å². The Balaban J connectivity index is 2.20. The van der Waals surface area contributed by atoms with E-state index in [1.165, 1.54) is 4.57 Å². The van der Waals surface area contributed by atoms with E-state index in [0.29, 0.717) is 37.3 Å². The van der Waals surface area contributed by atoms with Gasteiger partial charge in [0.2, 0.25) is 0 Å². The van der Waals surface area contributed by atoms with E-state index in [4.69, 9.17) is 5.73 Å². The molecule has 3 rings (SSSR count). The number of carbonyl (C=O) groups excluding carboxylic acids is 1. The Morgan fingerprint density at radius 1 is 1.11 bits per heavy atom. The summed E-state index contributed by atoms with van der Waals surface area (Å²) < 4.78 is 1.38. The van der Waals surface area contributed by atoms with Crippen LogP contribution in [0, 0.1) is 6.92 Å². The van der Waals surface area contributed by atoms with Crippen molar-refractivity contribution in [2.45, 2.75) is 45.7 Å². The van der Waals surface area contributed by atoms with Crippen molar-refractivity contribution in [3.8, 4) is 0 Å². The number of aryl methyl sites for hydroxylation is 1. The van der Waals surface area contributed by atoms with Gasteiger partial charge >= 0.3 is 5.97 Å². The summed E-state index contributed by atoms with van der Waals surface area (Å²) in [6, 6.07) is 16.6. The molecular formula is C27H32N4O4. The highest BCUT2D eigenvalue weighted by atomic mass is 16.4. The number of carboxylic acids is 1. The van der Waals surface area contributed by atoms with Crippen LogP contribution in [0.3, 0.4) is 0 Å². The molecule has 0 saturated heterocycles. The van der Waals surface area contributed by atoms with Crippen LogP contribution < -0.4 is 11.3 Å². The number of carbonyl (C=O) groups is 2. The van der Waals surface area contributed by atoms with E-state index < -0.39 is 22.6 Å². The number of aromatic carboxylic acids is 1. The smallest absolute Gasteiger partial charge is 0.342 e. The van der Waals surface area contributed by atoms with Crippen LogP contribution in [0.4, 0.5) is 0 Å². The van der Waals surface area contributed by atoms with Gasteiger partial charge in [0.15, 0.2) is 0 Å². The molecule has 8 heteroatoms. The van der Waals surface area contributed by atoms with E-state index in [2.05, 4.69) is 4.98 Å². The summed E-state index contributed by atoms with van der Waals surface area (Å²) in [6.07, 6.45) is 2.10. The predicted octanol–water partition coefficient (Wildman–Crippen LogP) is 3.41. The molecule has 1 amide bonds. The first-order chi connectivity index (χ1) is 16.7. The van der Waals surface area contributed by atoms with Crippen molar-refractivity contribution >= 4 is 11.9 Å². The van der Waals surface area contributed by atoms with Crippen LogP contribution in [0.25, 0.3) is 0 Å². The number of aromatic nitrogens is 2. The Kier molecular flexibility index (Phi) is 8.19. The number of hydrogen-bond acceptors (Lipinski definition) is 5. The van der Waals surface area contributed by atoms with Crippen LogP contribution in [0.5, 0.6) is 0 Å². The normalized spacial score (nSPS) is 12.7. The summed E-state index contributed by atoms with van der Waals surface area (Å²) in [5, 5.41) is 9.56. The molecule has 0 aliphatic carbocycles. The number of benzene rings is 2. The van der Waals surface area contributed by atoms with Crippen LogP contribution in [-0.4, -0.2) is 44.5 Å². The topological polar surface area (TPSA) is 119 Å². The fourth-order valence-electron chi connectivity index (χ4n) is 4.12. The van der Waals surface area contributed by atoms with Crippen molar-refractivity contribution in [1.29, 1.82) is 0 Å². The van der Waals surface area contributed by atoms with Gasteiger partial charge in [-0.15, -0.1) is 0 Å². The zero-order chi connectivity index (χ0) is 25.6. The minimum absolute atomic E-state index is 0.127. The molecular weight excluding hydrogens is 444 g/mol. The molecule has 8 nitrogen and oxygen atoms in total. The second-order valence-corrected chi connectivity index (χ2v) is 8.77. The molecule has 0 spiro atoms. The number of nitrogens with zero attached hydrogens (tertiary/aromatic N) is 3. The lowest BCUT2D eigenvalue weighted by molar-refractivity contribution is 0.0445. The number of amides is 1. The van der Waals surface area contributed by atoms with Gasteiger partial charge in [-0.2, -0.15) is 0 Å². The van der Waals surface area contributed by atoms with Crippen molar-refractivity contribution in [3.05, 3.63) is 99.2 Å². The maximum atomic E-state index is 13.7. The highest BCUT2D eigenvalue weighted by molar-refractivity contribution is 5.94. The highest BCUT2D eigenvalue weighted by Crippen LogP contribution is 2.32. The molecule has 35 heavy (non-hydrogen) atoms. The molecule has 3 aromatic rings. The highest BCUT2D eigenvalue weighted by Gasteiger charge is 2.40. The van der Waals surface area contributed by atoms with Gasteiger partial charge in [-0.25, -0.2) is 9.78 Å². The van der Waals surface area contributed by atoms with E-state index in [1.54, 1.807) is 17.0 Å². The average molecular weight is 477 g/mol. The first-order valence-corrected chi connectivity index (χ1v) is 11.7. The zero-order valence-electron chi connectivity index (χ0n) is 20.4. The van der Waals surface area contributed by atoms with Gasteiger partial charge in [0.25, 0.3) is 11.5 Å². The lowest BCUT2D eigenvalue weighted by Crippen LogP contribution is -2.51. The maximum Gasteiger partial charge on any atom is 0.342 e. The fraction of sp³-hybridized carbons (Fsp3) is 0.333. The third-order valence-electron chi connectivity index (χ3n) is 6.36. The Hall–Kier alpha value is -3.78. The summed E-state index contributed by atoms with van der Waals surface area (Å²) in [5.74, 6) is -1.22. The van der Waals surface area contributed by atoms with Crippen molar-refractivity contribution in [1.82, 2.24) is 14.5 Å². The Morgan fingerprint density at radius 2 is 1.77 bits per heavy atom. The minimum atomic E-state index is -1.34. The third-order valence-corrected chi connectivity index (χ3v) is 6.36. The number of carboxylic acid groups (broad SMARTS) is 1. The molecule has 1 unspecified atom stereocenters. The molecule has 1 heterocycles. The molecule has 184 valence electrons. The number of nitrogens with two attached hydrogens (primary N) is 1. The number of hydrogen-bond donors (Lipinski definition) is 2. The van der Waals surface area contributed by atoms with Crippen LogP contribution in [0.2, 0.25) is 0 Å². The van der Waals surface area contributed by atoms with Crippen molar-refractivity contribution in [3.63, 3.8) is 0 Å². The second kappa shape index (κ2) is 11.1. The standard InChI is InChI=1S/C27H32N4O4/c1-4-27(3,31(16-8-15-28)23(32)21-13-11-19(2)12-14-21)26-29-17-22(25(34)35)24(33)30(26)18-20-9-6-5-7-10-20/h5-7,9-14,17H,4,8,15-16,18,28H2,1-3H3,(H,34,35). The molecule has 0 radical (unpaired) electrons. The van der Waals surface area contributed by atoms with Crippen LogP contribution in [0.15, 0.2) is 65.6 Å². The summed E-state index contributed by atoms with van der Waals surface area (Å²) in [7, 11) is 0. The van der Waals surface area contributed by atoms with Crippen LogP contribution in [-0.2, 0) is 12.1 Å². The first-order valence-electron chi connectivity index (χ1n) is 11.7. The largest absolute Gasteiger partial charge is 0.477 e. The van der Waals surface area contributed by atoms with Gasteiger partial charge in [0.05, 0.1) is 12.1 Å². The average Bonchev–Trinajstić information content (AvgIpc) is 2.85. The van der Waals surface area contributed by atoms with E-state index in [9.17, 15) is 19.5 Å². The van der Waals surface area contributed by atoms with Gasteiger partial charge < -0.3 is 15.7 Å². The first kappa shape index (κ1) is 25.8.